The quantitative estimate of drug-likeness (QED) is 0.555. The molecule has 0 fully saturated rings. The van der Waals surface area contributed by atoms with E-state index in [2.05, 4.69) is 9.72 Å². The molecule has 0 saturated heterocycles. The first kappa shape index (κ1) is 17.7. The number of aliphatic hydroxyl groups is 1. The summed E-state index contributed by atoms with van der Waals surface area (Å²) in [6.45, 7) is 1.04. The minimum absolute atomic E-state index is 0.00884. The van der Waals surface area contributed by atoms with Crippen molar-refractivity contribution < 1.29 is 28.8 Å². The molecule has 1 aromatic heterocycles. The van der Waals surface area contributed by atoms with Crippen LogP contribution in [0.5, 0.6) is 17.4 Å². The number of hydrogen-bond acceptors (Lipinski definition) is 7. The van der Waals surface area contributed by atoms with Crippen molar-refractivity contribution in [1.29, 1.82) is 0 Å². The smallest absolute Gasteiger partial charge is 0.339 e. The number of esters is 1. The molecular weight excluding hydrogens is 314 g/mol. The molecule has 128 valence electrons. The molecule has 0 unspecified atom stereocenters. The standard InChI is InChI=1S/C17H19NO6/c1-21-17(20)13-5-6-16(18-12-13)24-15-4-2-3-14(11-15)23-10-9-22-8-7-19/h2-6,11-12,19H,7-10H2,1H3. The molecule has 24 heavy (non-hydrogen) atoms. The Hall–Kier alpha value is -2.64. The van der Waals surface area contributed by atoms with E-state index < -0.39 is 5.97 Å². The van der Waals surface area contributed by atoms with Gasteiger partial charge in [0.1, 0.15) is 18.1 Å². The number of aliphatic hydroxyl groups excluding tert-OH is 1. The zero-order valence-corrected chi connectivity index (χ0v) is 13.3. The molecule has 0 aliphatic heterocycles. The van der Waals surface area contributed by atoms with Crippen LogP contribution in [-0.4, -0.2) is 49.6 Å². The van der Waals surface area contributed by atoms with Gasteiger partial charge in [-0.1, -0.05) is 6.07 Å². The SMILES string of the molecule is COC(=O)c1ccc(Oc2cccc(OCCOCCO)c2)nc1. The molecule has 0 bridgehead atoms. The molecule has 7 heteroatoms. The zero-order valence-electron chi connectivity index (χ0n) is 13.3. The Kier molecular flexibility index (Phi) is 7.00. The van der Waals surface area contributed by atoms with Crippen LogP contribution in [0.2, 0.25) is 0 Å². The molecule has 0 amide bonds. The van der Waals surface area contributed by atoms with Crippen LogP contribution < -0.4 is 9.47 Å². The van der Waals surface area contributed by atoms with Gasteiger partial charge in [0, 0.05) is 18.3 Å². The third kappa shape index (κ3) is 5.53. The molecule has 0 spiro atoms. The topological polar surface area (TPSA) is 87.1 Å². The molecule has 1 N–H and O–H groups in total. The van der Waals surface area contributed by atoms with E-state index in [1.54, 1.807) is 36.4 Å². The number of nitrogens with zero attached hydrogens (tertiary/aromatic N) is 1. The Bertz CT molecular complexity index is 644. The van der Waals surface area contributed by atoms with Gasteiger partial charge >= 0.3 is 5.97 Å². The van der Waals surface area contributed by atoms with Crippen LogP contribution in [0.3, 0.4) is 0 Å². The summed E-state index contributed by atoms with van der Waals surface area (Å²) in [6.07, 6.45) is 1.39. The predicted octanol–water partition coefficient (Wildman–Crippen LogP) is 2.05. The lowest BCUT2D eigenvalue weighted by Crippen LogP contribution is -2.09. The van der Waals surface area contributed by atoms with Crippen molar-refractivity contribution in [2.45, 2.75) is 0 Å². The maximum Gasteiger partial charge on any atom is 0.339 e. The van der Waals surface area contributed by atoms with Crippen LogP contribution >= 0.6 is 0 Å². The summed E-state index contributed by atoms with van der Waals surface area (Å²) in [5, 5.41) is 8.61. The number of benzene rings is 1. The second-order valence-corrected chi connectivity index (χ2v) is 4.64. The summed E-state index contributed by atoms with van der Waals surface area (Å²) in [4.78, 5) is 15.4. The van der Waals surface area contributed by atoms with E-state index in [1.165, 1.54) is 13.3 Å². The van der Waals surface area contributed by atoms with E-state index in [-0.39, 0.29) is 6.61 Å². The maximum atomic E-state index is 11.4. The van der Waals surface area contributed by atoms with Crippen LogP contribution in [0.15, 0.2) is 42.6 Å². The third-order valence-corrected chi connectivity index (χ3v) is 2.92. The zero-order chi connectivity index (χ0) is 17.2. The van der Waals surface area contributed by atoms with E-state index in [0.717, 1.165) is 0 Å². The lowest BCUT2D eigenvalue weighted by molar-refractivity contribution is 0.0600. The molecule has 0 atom stereocenters. The molecule has 0 saturated carbocycles. The van der Waals surface area contributed by atoms with Gasteiger partial charge in [-0.3, -0.25) is 0 Å². The molecule has 2 rings (SSSR count). The number of methoxy groups -OCH3 is 1. The molecule has 0 aliphatic carbocycles. The Morgan fingerprint density at radius 3 is 2.67 bits per heavy atom. The van der Waals surface area contributed by atoms with E-state index in [4.69, 9.17) is 19.3 Å². The molecule has 7 nitrogen and oxygen atoms in total. The number of carbonyl (C=O) groups is 1. The minimum Gasteiger partial charge on any atom is -0.491 e. The van der Waals surface area contributed by atoms with Gasteiger partial charge in [-0.25, -0.2) is 9.78 Å². The van der Waals surface area contributed by atoms with E-state index >= 15 is 0 Å². The fourth-order valence-electron chi connectivity index (χ4n) is 1.81. The Balaban J connectivity index is 1.90. The summed E-state index contributed by atoms with van der Waals surface area (Å²) >= 11 is 0. The summed E-state index contributed by atoms with van der Waals surface area (Å²) in [7, 11) is 1.31. The van der Waals surface area contributed by atoms with Crippen molar-refractivity contribution in [1.82, 2.24) is 4.98 Å². The third-order valence-electron chi connectivity index (χ3n) is 2.92. The van der Waals surface area contributed by atoms with Gasteiger partial charge in [0.2, 0.25) is 5.88 Å². The average Bonchev–Trinajstić information content (AvgIpc) is 2.62. The van der Waals surface area contributed by atoms with Gasteiger partial charge in [-0.2, -0.15) is 0 Å². The van der Waals surface area contributed by atoms with Crippen molar-refractivity contribution in [2.75, 3.05) is 33.5 Å². The lowest BCUT2D eigenvalue weighted by atomic mass is 10.3. The molecule has 0 aliphatic rings. The number of hydrogen-bond donors (Lipinski definition) is 1. The molecule has 1 aromatic carbocycles. The van der Waals surface area contributed by atoms with Gasteiger partial charge in [-0.05, 0) is 18.2 Å². The Morgan fingerprint density at radius 2 is 1.96 bits per heavy atom. The summed E-state index contributed by atoms with van der Waals surface area (Å²) in [6, 6.07) is 10.2. The number of aromatic nitrogens is 1. The van der Waals surface area contributed by atoms with Crippen molar-refractivity contribution in [3.63, 3.8) is 0 Å². The van der Waals surface area contributed by atoms with Crippen LogP contribution in [0, 0.1) is 0 Å². The highest BCUT2D eigenvalue weighted by Gasteiger charge is 2.07. The first-order valence-electron chi connectivity index (χ1n) is 7.36. The van der Waals surface area contributed by atoms with Gasteiger partial charge in [0.25, 0.3) is 0 Å². The average molecular weight is 333 g/mol. The fourth-order valence-corrected chi connectivity index (χ4v) is 1.81. The summed E-state index contributed by atoms with van der Waals surface area (Å²) < 4.78 is 20.9. The Labute approximate surface area is 139 Å². The van der Waals surface area contributed by atoms with Crippen LogP contribution in [0.25, 0.3) is 0 Å². The Morgan fingerprint density at radius 1 is 1.12 bits per heavy atom. The van der Waals surface area contributed by atoms with Gasteiger partial charge in [0.05, 0.1) is 32.5 Å². The molecule has 0 radical (unpaired) electrons. The predicted molar refractivity (Wildman–Crippen MR) is 85.5 cm³/mol. The van der Waals surface area contributed by atoms with Crippen molar-refractivity contribution >= 4 is 5.97 Å². The lowest BCUT2D eigenvalue weighted by Gasteiger charge is -2.09. The number of carbonyl (C=O) groups excluding carboxylic acids is 1. The number of ether oxygens (including phenoxy) is 4. The summed E-state index contributed by atoms with van der Waals surface area (Å²) in [5.74, 6) is 1.09. The van der Waals surface area contributed by atoms with Crippen molar-refractivity contribution in [2.24, 2.45) is 0 Å². The van der Waals surface area contributed by atoms with E-state index in [0.29, 0.717) is 42.8 Å². The van der Waals surface area contributed by atoms with E-state index in [9.17, 15) is 4.79 Å². The van der Waals surface area contributed by atoms with Gasteiger partial charge in [-0.15, -0.1) is 0 Å². The largest absolute Gasteiger partial charge is 0.491 e. The molecule has 1 heterocycles. The normalized spacial score (nSPS) is 10.2. The van der Waals surface area contributed by atoms with Crippen LogP contribution in [0.1, 0.15) is 10.4 Å². The van der Waals surface area contributed by atoms with Crippen LogP contribution in [-0.2, 0) is 9.47 Å². The minimum atomic E-state index is -0.451. The summed E-state index contributed by atoms with van der Waals surface area (Å²) in [5.41, 5.74) is 0.352. The monoisotopic (exact) mass is 333 g/mol. The highest BCUT2D eigenvalue weighted by Crippen LogP contribution is 2.24. The molecule has 2 aromatic rings. The molecular formula is C17H19NO6. The highest BCUT2D eigenvalue weighted by molar-refractivity contribution is 5.88. The second kappa shape index (κ2) is 9.49. The van der Waals surface area contributed by atoms with E-state index in [1.807, 2.05) is 0 Å². The number of pyridine rings is 1. The fraction of sp³-hybridized carbons (Fsp3) is 0.294. The highest BCUT2D eigenvalue weighted by atomic mass is 16.5. The number of rotatable bonds is 9. The first-order chi connectivity index (χ1) is 11.7. The first-order valence-corrected chi connectivity index (χ1v) is 7.36. The second-order valence-electron chi connectivity index (χ2n) is 4.64. The van der Waals surface area contributed by atoms with Gasteiger partial charge < -0.3 is 24.1 Å². The van der Waals surface area contributed by atoms with Crippen molar-refractivity contribution in [3.05, 3.63) is 48.2 Å². The maximum absolute atomic E-state index is 11.4. The van der Waals surface area contributed by atoms with Crippen LogP contribution in [0.4, 0.5) is 0 Å². The van der Waals surface area contributed by atoms with Gasteiger partial charge in [0.15, 0.2) is 0 Å². The van der Waals surface area contributed by atoms with Crippen molar-refractivity contribution in [3.8, 4) is 17.4 Å².